The van der Waals surface area contributed by atoms with E-state index in [1.54, 1.807) is 25.4 Å². The zero-order chi connectivity index (χ0) is 18.5. The van der Waals surface area contributed by atoms with Crippen LogP contribution in [0.3, 0.4) is 0 Å². The lowest BCUT2D eigenvalue weighted by atomic mass is 10.0. The lowest BCUT2D eigenvalue weighted by Gasteiger charge is -2.35. The molecule has 1 fully saturated rings. The lowest BCUT2D eigenvalue weighted by molar-refractivity contribution is -0.134. The Bertz CT molecular complexity index is 818. The number of rotatable bonds is 5. The van der Waals surface area contributed by atoms with E-state index in [2.05, 4.69) is 15.0 Å². The molecule has 7 heteroatoms. The molecule has 1 aliphatic rings. The minimum absolute atomic E-state index is 0.0651. The van der Waals surface area contributed by atoms with Crippen LogP contribution in [0, 0.1) is 6.92 Å². The number of nitrogens with zero attached hydrogens (tertiary/aromatic N) is 3. The molecule has 0 aromatic carbocycles. The molecule has 0 bridgehead atoms. The van der Waals surface area contributed by atoms with Gasteiger partial charge in [0, 0.05) is 54.8 Å². The van der Waals surface area contributed by atoms with Crippen LogP contribution in [0.5, 0.6) is 0 Å². The second kappa shape index (κ2) is 8.23. The summed E-state index contributed by atoms with van der Waals surface area (Å²) in [5, 5.41) is 0. The van der Waals surface area contributed by atoms with Gasteiger partial charge in [0.15, 0.2) is 0 Å². The van der Waals surface area contributed by atoms with Crippen LogP contribution in [0.1, 0.15) is 36.9 Å². The van der Waals surface area contributed by atoms with E-state index in [9.17, 15) is 9.59 Å². The van der Waals surface area contributed by atoms with Crippen molar-refractivity contribution in [2.45, 2.75) is 45.1 Å². The predicted octanol–water partition coefficient (Wildman–Crippen LogP) is 1.41. The molecular weight excluding hydrogens is 330 g/mol. The van der Waals surface area contributed by atoms with Gasteiger partial charge in [0.25, 0.3) is 5.56 Å². The van der Waals surface area contributed by atoms with Gasteiger partial charge in [-0.25, -0.2) is 4.98 Å². The van der Waals surface area contributed by atoms with Crippen molar-refractivity contribution in [3.05, 3.63) is 46.1 Å². The topological polar surface area (TPSA) is 105 Å². The molecule has 3 N–H and O–H groups in total. The zero-order valence-corrected chi connectivity index (χ0v) is 15.1. The molecule has 3 rings (SSSR count). The van der Waals surface area contributed by atoms with Crippen molar-refractivity contribution in [3.8, 4) is 11.4 Å². The number of amides is 1. The highest BCUT2D eigenvalue weighted by Gasteiger charge is 2.25. The normalized spacial score (nSPS) is 17.3. The van der Waals surface area contributed by atoms with Gasteiger partial charge in [0.1, 0.15) is 5.82 Å². The molecule has 0 saturated carbocycles. The molecule has 138 valence electrons. The zero-order valence-electron chi connectivity index (χ0n) is 15.1. The van der Waals surface area contributed by atoms with Crippen LogP contribution in [-0.4, -0.2) is 44.9 Å². The van der Waals surface area contributed by atoms with Gasteiger partial charge < -0.3 is 15.6 Å². The first-order valence-corrected chi connectivity index (χ1v) is 9.10. The molecule has 1 unspecified atom stereocenters. The molecule has 1 saturated heterocycles. The highest BCUT2D eigenvalue weighted by atomic mass is 16.2. The van der Waals surface area contributed by atoms with E-state index in [0.717, 1.165) is 31.4 Å². The van der Waals surface area contributed by atoms with Gasteiger partial charge in [0.2, 0.25) is 5.91 Å². The Morgan fingerprint density at radius 2 is 2.27 bits per heavy atom. The lowest BCUT2D eigenvalue weighted by Crippen LogP contribution is -2.47. The average molecular weight is 355 g/mol. The van der Waals surface area contributed by atoms with Crippen molar-refractivity contribution in [1.29, 1.82) is 0 Å². The number of aromatic amines is 1. The van der Waals surface area contributed by atoms with E-state index in [0.29, 0.717) is 36.5 Å². The maximum absolute atomic E-state index is 12.6. The molecule has 2 aromatic rings. The Hall–Kier alpha value is -2.54. The van der Waals surface area contributed by atoms with Gasteiger partial charge in [-0.2, -0.15) is 0 Å². The highest BCUT2D eigenvalue weighted by Crippen LogP contribution is 2.18. The van der Waals surface area contributed by atoms with Crippen LogP contribution >= 0.6 is 0 Å². The Morgan fingerprint density at radius 3 is 2.96 bits per heavy atom. The van der Waals surface area contributed by atoms with Gasteiger partial charge in [-0.1, -0.05) is 0 Å². The van der Waals surface area contributed by atoms with Crippen molar-refractivity contribution < 1.29 is 4.79 Å². The molecule has 2 aromatic heterocycles. The summed E-state index contributed by atoms with van der Waals surface area (Å²) in [5.41, 5.74) is 7.57. The Morgan fingerprint density at radius 1 is 1.42 bits per heavy atom. The third-order valence-corrected chi connectivity index (χ3v) is 4.97. The predicted molar refractivity (Wildman–Crippen MR) is 99.6 cm³/mol. The van der Waals surface area contributed by atoms with Crippen molar-refractivity contribution in [2.24, 2.45) is 5.73 Å². The second-order valence-electron chi connectivity index (χ2n) is 6.69. The number of likely N-dealkylation sites (tertiary alicyclic amines) is 1. The maximum Gasteiger partial charge on any atom is 0.254 e. The van der Waals surface area contributed by atoms with Gasteiger partial charge >= 0.3 is 0 Å². The van der Waals surface area contributed by atoms with E-state index in [-0.39, 0.29) is 17.5 Å². The molecule has 0 spiro atoms. The number of H-pyrrole nitrogens is 1. The van der Waals surface area contributed by atoms with Crippen LogP contribution in [0.25, 0.3) is 11.4 Å². The van der Waals surface area contributed by atoms with E-state index in [1.165, 1.54) is 0 Å². The summed E-state index contributed by atoms with van der Waals surface area (Å²) in [6.07, 6.45) is 7.10. The number of nitrogens with one attached hydrogen (secondary N) is 1. The van der Waals surface area contributed by atoms with Crippen LogP contribution < -0.4 is 11.3 Å². The third-order valence-electron chi connectivity index (χ3n) is 4.97. The molecule has 0 radical (unpaired) electrons. The van der Waals surface area contributed by atoms with Crippen LogP contribution in [-0.2, 0) is 11.2 Å². The van der Waals surface area contributed by atoms with Crippen molar-refractivity contribution in [3.63, 3.8) is 0 Å². The van der Waals surface area contributed by atoms with E-state index in [1.807, 2.05) is 11.0 Å². The number of piperidine rings is 1. The SMILES string of the molecule is Cc1nc(-c2cccnc2)[nH]c(=O)c1CCC(=O)N1CCCCC1CN. The number of aromatic nitrogens is 3. The molecule has 7 nitrogen and oxygen atoms in total. The van der Waals surface area contributed by atoms with Gasteiger partial charge in [-0.05, 0) is 44.7 Å². The van der Waals surface area contributed by atoms with Crippen molar-refractivity contribution in [2.75, 3.05) is 13.1 Å². The quantitative estimate of drug-likeness (QED) is 0.844. The van der Waals surface area contributed by atoms with Crippen molar-refractivity contribution in [1.82, 2.24) is 19.9 Å². The smallest absolute Gasteiger partial charge is 0.254 e. The summed E-state index contributed by atoms with van der Waals surface area (Å²) >= 11 is 0. The second-order valence-corrected chi connectivity index (χ2v) is 6.69. The minimum atomic E-state index is -0.196. The van der Waals surface area contributed by atoms with Crippen molar-refractivity contribution >= 4 is 5.91 Å². The first-order chi connectivity index (χ1) is 12.6. The summed E-state index contributed by atoms with van der Waals surface area (Å²) in [6, 6.07) is 3.77. The molecule has 26 heavy (non-hydrogen) atoms. The molecule has 1 atom stereocenters. The number of aryl methyl sites for hydroxylation is 1. The number of carbonyl (C=O) groups is 1. The third kappa shape index (κ3) is 3.99. The average Bonchev–Trinajstić information content (AvgIpc) is 2.67. The van der Waals surface area contributed by atoms with E-state index in [4.69, 9.17) is 5.73 Å². The molecule has 1 amide bonds. The van der Waals surface area contributed by atoms with Gasteiger partial charge in [0.05, 0.1) is 0 Å². The van der Waals surface area contributed by atoms with Crippen LogP contribution in [0.4, 0.5) is 0 Å². The summed E-state index contributed by atoms with van der Waals surface area (Å²) in [5.74, 6) is 0.560. The molecule has 0 aliphatic carbocycles. The summed E-state index contributed by atoms with van der Waals surface area (Å²) in [4.78, 5) is 38.3. The largest absolute Gasteiger partial charge is 0.338 e. The monoisotopic (exact) mass is 355 g/mol. The molecule has 3 heterocycles. The first-order valence-electron chi connectivity index (χ1n) is 9.10. The van der Waals surface area contributed by atoms with Gasteiger partial charge in [-0.15, -0.1) is 0 Å². The number of carbonyl (C=O) groups excluding carboxylic acids is 1. The Kier molecular flexibility index (Phi) is 5.78. The van der Waals surface area contributed by atoms with E-state index < -0.39 is 0 Å². The number of hydrogen-bond acceptors (Lipinski definition) is 5. The van der Waals surface area contributed by atoms with Crippen LogP contribution in [0.15, 0.2) is 29.3 Å². The molecule has 1 aliphatic heterocycles. The molecular formula is C19H25N5O2. The first kappa shape index (κ1) is 18.3. The van der Waals surface area contributed by atoms with Crippen LogP contribution in [0.2, 0.25) is 0 Å². The van der Waals surface area contributed by atoms with Gasteiger partial charge in [-0.3, -0.25) is 14.6 Å². The number of nitrogens with two attached hydrogens (primary N) is 1. The fourth-order valence-electron chi connectivity index (χ4n) is 3.49. The number of hydrogen-bond donors (Lipinski definition) is 2. The summed E-state index contributed by atoms with van der Waals surface area (Å²) < 4.78 is 0. The highest BCUT2D eigenvalue weighted by molar-refractivity contribution is 5.77. The minimum Gasteiger partial charge on any atom is -0.338 e. The fourth-order valence-corrected chi connectivity index (χ4v) is 3.49. The maximum atomic E-state index is 12.6. The summed E-state index contributed by atoms with van der Waals surface area (Å²) in [7, 11) is 0. The summed E-state index contributed by atoms with van der Waals surface area (Å²) in [6.45, 7) is 3.06. The number of pyridine rings is 1. The Balaban J connectivity index is 1.72. The fraction of sp³-hybridized carbons (Fsp3) is 0.474. The Labute approximate surface area is 152 Å². The van der Waals surface area contributed by atoms with E-state index >= 15 is 0 Å². The standard InChI is InChI=1S/C19H25N5O2/c1-13-16(7-8-17(25)24-10-3-2-6-15(24)11-20)19(26)23-18(22-13)14-5-4-9-21-12-14/h4-5,9,12,15H,2-3,6-8,10-11,20H2,1H3,(H,22,23,26).